The highest BCUT2D eigenvalue weighted by atomic mass is 32.2. The molecule has 0 aliphatic carbocycles. The van der Waals surface area contributed by atoms with Gasteiger partial charge in [-0.25, -0.2) is 13.5 Å². The topological polar surface area (TPSA) is 112 Å². The lowest BCUT2D eigenvalue weighted by Crippen LogP contribution is -2.54. The first-order valence-electron chi connectivity index (χ1n) is 9.29. The lowest BCUT2D eigenvalue weighted by molar-refractivity contribution is -0.274. The molecule has 182 valence electrons. The normalized spacial score (nSPS) is 14.8. The SMILES string of the molecule is COC(C)OCC(C)(N(O)C=O)S(=O)(=O)c1ccccc1Oc1ccc(OC(F)(F)F)cc1. The number of hydrogen-bond donors (Lipinski definition) is 1. The fraction of sp³-hybridized carbons (Fsp3) is 0.350. The van der Waals surface area contributed by atoms with Crippen LogP contribution in [0.5, 0.6) is 17.2 Å². The van der Waals surface area contributed by atoms with E-state index in [1.165, 1.54) is 38.3 Å². The van der Waals surface area contributed by atoms with Gasteiger partial charge in [0.1, 0.15) is 22.1 Å². The van der Waals surface area contributed by atoms with Crippen LogP contribution in [-0.2, 0) is 24.1 Å². The third-order valence-electron chi connectivity index (χ3n) is 4.50. The number of amides is 1. The molecule has 2 rings (SSSR count). The first-order valence-corrected chi connectivity index (χ1v) is 10.8. The molecular formula is C20H22F3NO8S. The molecule has 9 nitrogen and oxygen atoms in total. The summed E-state index contributed by atoms with van der Waals surface area (Å²) in [6, 6.07) is 9.62. The Kier molecular flexibility index (Phi) is 8.30. The predicted molar refractivity (Wildman–Crippen MR) is 107 cm³/mol. The van der Waals surface area contributed by atoms with Crippen LogP contribution in [0.3, 0.4) is 0 Å². The molecule has 2 aromatic rings. The summed E-state index contributed by atoms with van der Waals surface area (Å²) < 4.78 is 83.5. The molecule has 2 unspecified atom stereocenters. The van der Waals surface area contributed by atoms with E-state index < -0.39 is 44.6 Å². The molecule has 0 aliphatic rings. The molecule has 0 spiro atoms. The molecule has 0 saturated carbocycles. The molecule has 0 aromatic heterocycles. The molecule has 0 aliphatic heterocycles. The lowest BCUT2D eigenvalue weighted by Gasteiger charge is -2.34. The van der Waals surface area contributed by atoms with Crippen LogP contribution in [0.2, 0.25) is 0 Å². The minimum atomic E-state index is -4.87. The van der Waals surface area contributed by atoms with Gasteiger partial charge in [-0.2, -0.15) is 0 Å². The number of hydroxylamine groups is 2. The van der Waals surface area contributed by atoms with Gasteiger partial charge in [0.25, 0.3) is 0 Å². The molecule has 13 heteroatoms. The molecule has 33 heavy (non-hydrogen) atoms. The molecule has 0 bridgehead atoms. The number of benzene rings is 2. The number of nitrogens with zero attached hydrogens (tertiary/aromatic N) is 1. The van der Waals surface area contributed by atoms with Crippen molar-refractivity contribution in [2.75, 3.05) is 13.7 Å². The van der Waals surface area contributed by atoms with Gasteiger partial charge in [0.2, 0.25) is 16.2 Å². The van der Waals surface area contributed by atoms with Crippen molar-refractivity contribution in [1.29, 1.82) is 0 Å². The number of methoxy groups -OCH3 is 1. The molecule has 0 radical (unpaired) electrons. The van der Waals surface area contributed by atoms with Crippen LogP contribution >= 0.6 is 0 Å². The Balaban J connectivity index is 2.41. The average molecular weight is 493 g/mol. The maximum atomic E-state index is 13.5. The van der Waals surface area contributed by atoms with Gasteiger partial charge in [-0.3, -0.25) is 10.0 Å². The van der Waals surface area contributed by atoms with Gasteiger partial charge < -0.3 is 18.9 Å². The number of carbonyl (C=O) groups is 1. The van der Waals surface area contributed by atoms with E-state index in [1.807, 2.05) is 0 Å². The monoisotopic (exact) mass is 493 g/mol. The smallest absolute Gasteiger partial charge is 0.456 e. The van der Waals surface area contributed by atoms with Crippen molar-refractivity contribution >= 4 is 16.2 Å². The highest BCUT2D eigenvalue weighted by Crippen LogP contribution is 2.36. The highest BCUT2D eigenvalue weighted by molar-refractivity contribution is 7.93. The standard InChI is InChI=1S/C20H22F3NO8S/c1-14(29-3)30-12-19(2,24(26)13-25)33(27,28)18-7-5-4-6-17(18)31-15-8-10-16(11-9-15)32-20(21,22)23/h4-11,13-14,26H,12H2,1-3H3. The van der Waals surface area contributed by atoms with Crippen molar-refractivity contribution in [1.82, 2.24) is 5.06 Å². The molecule has 1 amide bonds. The summed E-state index contributed by atoms with van der Waals surface area (Å²) in [4.78, 5) is 8.57. The largest absolute Gasteiger partial charge is 0.573 e. The Hall–Kier alpha value is -2.87. The highest BCUT2D eigenvalue weighted by Gasteiger charge is 2.47. The average Bonchev–Trinajstić information content (AvgIpc) is 2.77. The van der Waals surface area contributed by atoms with Gasteiger partial charge in [-0.1, -0.05) is 12.1 Å². The zero-order valence-electron chi connectivity index (χ0n) is 17.8. The van der Waals surface area contributed by atoms with Crippen molar-refractivity contribution in [3.05, 3.63) is 48.5 Å². The van der Waals surface area contributed by atoms with Crippen molar-refractivity contribution in [3.8, 4) is 17.2 Å². The van der Waals surface area contributed by atoms with E-state index in [0.717, 1.165) is 31.2 Å². The summed E-state index contributed by atoms with van der Waals surface area (Å²) in [6.07, 6.45) is -5.80. The zero-order valence-corrected chi connectivity index (χ0v) is 18.6. The van der Waals surface area contributed by atoms with E-state index in [1.54, 1.807) is 0 Å². The van der Waals surface area contributed by atoms with Crippen LogP contribution < -0.4 is 9.47 Å². The maximum Gasteiger partial charge on any atom is 0.573 e. The first kappa shape index (κ1) is 26.4. The molecular weight excluding hydrogens is 471 g/mol. The van der Waals surface area contributed by atoms with Crippen LogP contribution in [0.4, 0.5) is 13.2 Å². The number of halogens is 3. The van der Waals surface area contributed by atoms with Crippen LogP contribution in [0.25, 0.3) is 0 Å². The minimum Gasteiger partial charge on any atom is -0.456 e. The second-order valence-corrected chi connectivity index (χ2v) is 9.14. The van der Waals surface area contributed by atoms with Gasteiger partial charge in [-0.15, -0.1) is 13.2 Å². The molecule has 0 heterocycles. The van der Waals surface area contributed by atoms with Gasteiger partial charge in [0, 0.05) is 7.11 Å². The van der Waals surface area contributed by atoms with Crippen molar-refractivity contribution < 1.29 is 50.5 Å². The van der Waals surface area contributed by atoms with Crippen molar-refractivity contribution in [3.63, 3.8) is 0 Å². The Morgan fingerprint density at radius 2 is 1.67 bits per heavy atom. The van der Waals surface area contributed by atoms with E-state index in [0.29, 0.717) is 0 Å². The Morgan fingerprint density at radius 1 is 1.09 bits per heavy atom. The Bertz CT molecular complexity index is 1050. The number of hydrogen-bond acceptors (Lipinski definition) is 8. The summed E-state index contributed by atoms with van der Waals surface area (Å²) in [5.74, 6) is -0.684. The van der Waals surface area contributed by atoms with Crippen molar-refractivity contribution in [2.24, 2.45) is 0 Å². The van der Waals surface area contributed by atoms with E-state index in [4.69, 9.17) is 14.2 Å². The Labute approximate surface area is 188 Å². The van der Waals surface area contributed by atoms with E-state index in [-0.39, 0.29) is 23.0 Å². The van der Waals surface area contributed by atoms with E-state index in [9.17, 15) is 31.6 Å². The molecule has 0 fully saturated rings. The van der Waals surface area contributed by atoms with Crippen LogP contribution in [-0.4, -0.2) is 56.3 Å². The first-order chi connectivity index (χ1) is 15.3. The number of para-hydroxylation sites is 1. The number of rotatable bonds is 11. The minimum absolute atomic E-state index is 0.00868. The number of ether oxygens (including phenoxy) is 4. The third-order valence-corrected chi connectivity index (χ3v) is 6.88. The number of sulfone groups is 1. The fourth-order valence-corrected chi connectivity index (χ4v) is 4.17. The fourth-order valence-electron chi connectivity index (χ4n) is 2.55. The number of alkyl halides is 3. The van der Waals surface area contributed by atoms with Gasteiger partial charge >= 0.3 is 6.36 Å². The number of carbonyl (C=O) groups excluding carboxylic acids is 1. The predicted octanol–water partition coefficient (Wildman–Crippen LogP) is 3.72. The van der Waals surface area contributed by atoms with Crippen LogP contribution in [0.1, 0.15) is 13.8 Å². The summed E-state index contributed by atoms with van der Waals surface area (Å²) in [6.45, 7) is 1.90. The summed E-state index contributed by atoms with van der Waals surface area (Å²) in [7, 11) is -3.21. The Morgan fingerprint density at radius 3 is 2.21 bits per heavy atom. The quantitative estimate of drug-likeness (QED) is 0.218. The van der Waals surface area contributed by atoms with Crippen LogP contribution in [0, 0.1) is 0 Å². The van der Waals surface area contributed by atoms with E-state index in [2.05, 4.69) is 4.74 Å². The summed E-state index contributed by atoms with van der Waals surface area (Å²) >= 11 is 0. The van der Waals surface area contributed by atoms with Crippen molar-refractivity contribution in [2.45, 2.75) is 36.3 Å². The summed E-state index contributed by atoms with van der Waals surface area (Å²) in [5, 5.41) is 10.0. The molecule has 0 saturated heterocycles. The van der Waals surface area contributed by atoms with Gasteiger partial charge in [0.15, 0.2) is 11.2 Å². The second-order valence-electron chi connectivity index (χ2n) is 6.81. The maximum absolute atomic E-state index is 13.5. The molecule has 2 aromatic carbocycles. The van der Waals surface area contributed by atoms with Gasteiger partial charge in [-0.05, 0) is 50.2 Å². The second kappa shape index (κ2) is 10.4. The summed E-state index contributed by atoms with van der Waals surface area (Å²) in [5.41, 5.74) is 0. The molecule has 1 N–H and O–H groups in total. The lowest BCUT2D eigenvalue weighted by atomic mass is 10.3. The molecule has 2 atom stereocenters. The third kappa shape index (κ3) is 6.35. The van der Waals surface area contributed by atoms with Crippen LogP contribution in [0.15, 0.2) is 53.4 Å². The zero-order chi connectivity index (χ0) is 24.9. The van der Waals surface area contributed by atoms with Gasteiger partial charge in [0.05, 0.1) is 6.61 Å². The van der Waals surface area contributed by atoms with E-state index >= 15 is 0 Å².